The monoisotopic (exact) mass is 279 g/mol. The molecule has 0 bridgehead atoms. The third-order valence-corrected chi connectivity index (χ3v) is 2.36. The van der Waals surface area contributed by atoms with E-state index in [9.17, 15) is 19.2 Å². The van der Waals surface area contributed by atoms with Gasteiger partial charge in [-0.2, -0.15) is 0 Å². The van der Waals surface area contributed by atoms with Crippen molar-refractivity contribution in [3.8, 4) is 0 Å². The molecule has 0 aliphatic rings. The molecule has 20 heavy (non-hydrogen) atoms. The summed E-state index contributed by atoms with van der Waals surface area (Å²) >= 11 is 0. The number of aromatic carboxylic acids is 1. The van der Waals surface area contributed by atoms with Crippen molar-refractivity contribution in [2.24, 2.45) is 11.5 Å². The van der Waals surface area contributed by atoms with E-state index in [1.54, 1.807) is 0 Å². The lowest BCUT2D eigenvalue weighted by atomic mass is 10.1. The highest BCUT2D eigenvalue weighted by Crippen LogP contribution is 2.08. The molecule has 0 aliphatic heterocycles. The quantitative estimate of drug-likeness (QED) is 0.599. The molecule has 5 N–H and O–H groups in total. The van der Waals surface area contributed by atoms with Gasteiger partial charge in [0.05, 0.1) is 5.56 Å². The van der Waals surface area contributed by atoms with E-state index >= 15 is 0 Å². The molecule has 0 saturated carbocycles. The van der Waals surface area contributed by atoms with E-state index in [1.807, 2.05) is 0 Å². The highest BCUT2D eigenvalue weighted by molar-refractivity contribution is 5.99. The number of primary amides is 2. The highest BCUT2D eigenvalue weighted by Gasteiger charge is 2.19. The molecule has 0 aliphatic carbocycles. The van der Waals surface area contributed by atoms with Crippen molar-refractivity contribution in [1.82, 2.24) is 4.90 Å². The number of carbonyl (C=O) groups excluding carboxylic acids is 3. The number of hydrogen-bond donors (Lipinski definition) is 3. The Morgan fingerprint density at radius 3 is 1.65 bits per heavy atom. The van der Waals surface area contributed by atoms with Crippen LogP contribution in [0.1, 0.15) is 20.7 Å². The van der Waals surface area contributed by atoms with Gasteiger partial charge in [-0.05, 0) is 24.3 Å². The van der Waals surface area contributed by atoms with E-state index < -0.39 is 36.8 Å². The Balaban J connectivity index is 2.95. The van der Waals surface area contributed by atoms with Crippen molar-refractivity contribution in [2.75, 3.05) is 13.1 Å². The third-order valence-electron chi connectivity index (χ3n) is 2.36. The number of nitrogens with two attached hydrogens (primary N) is 2. The molecule has 106 valence electrons. The first-order valence-electron chi connectivity index (χ1n) is 5.50. The van der Waals surface area contributed by atoms with Crippen molar-refractivity contribution in [3.63, 3.8) is 0 Å². The fraction of sp³-hybridized carbons (Fsp3) is 0.167. The lowest BCUT2D eigenvalue weighted by Gasteiger charge is -2.19. The molecule has 0 fully saturated rings. The summed E-state index contributed by atoms with van der Waals surface area (Å²) in [6.07, 6.45) is 0. The summed E-state index contributed by atoms with van der Waals surface area (Å²) in [5, 5.41) is 8.74. The predicted octanol–water partition coefficient (Wildman–Crippen LogP) is -1.20. The minimum Gasteiger partial charge on any atom is -0.478 e. The largest absolute Gasteiger partial charge is 0.478 e. The van der Waals surface area contributed by atoms with Crippen LogP contribution in [0.2, 0.25) is 0 Å². The second-order valence-electron chi connectivity index (χ2n) is 3.98. The maximum absolute atomic E-state index is 12.1. The van der Waals surface area contributed by atoms with Gasteiger partial charge in [-0.25, -0.2) is 4.79 Å². The normalized spacial score (nSPS) is 9.80. The Morgan fingerprint density at radius 2 is 1.30 bits per heavy atom. The van der Waals surface area contributed by atoms with E-state index in [-0.39, 0.29) is 11.1 Å². The summed E-state index contributed by atoms with van der Waals surface area (Å²) in [6.45, 7) is -0.912. The zero-order valence-electron chi connectivity index (χ0n) is 10.4. The minimum atomic E-state index is -1.13. The van der Waals surface area contributed by atoms with Gasteiger partial charge >= 0.3 is 5.97 Å². The van der Waals surface area contributed by atoms with Crippen LogP contribution in [0.25, 0.3) is 0 Å². The number of amides is 3. The van der Waals surface area contributed by atoms with Crippen LogP contribution in [0.5, 0.6) is 0 Å². The van der Waals surface area contributed by atoms with Gasteiger partial charge in [0.1, 0.15) is 13.1 Å². The summed E-state index contributed by atoms with van der Waals surface area (Å²) in [5.41, 5.74) is 10.1. The number of carboxylic acid groups (broad SMARTS) is 1. The van der Waals surface area contributed by atoms with Crippen LogP contribution in [0.3, 0.4) is 0 Å². The molecule has 0 radical (unpaired) electrons. The van der Waals surface area contributed by atoms with Gasteiger partial charge in [0, 0.05) is 5.56 Å². The van der Waals surface area contributed by atoms with E-state index in [0.717, 1.165) is 4.90 Å². The van der Waals surface area contributed by atoms with Crippen molar-refractivity contribution < 1.29 is 24.3 Å². The topological polar surface area (TPSA) is 144 Å². The Morgan fingerprint density at radius 1 is 0.900 bits per heavy atom. The van der Waals surface area contributed by atoms with Gasteiger partial charge in [0.2, 0.25) is 11.8 Å². The molecule has 1 aromatic rings. The molecule has 0 aromatic heterocycles. The fourth-order valence-corrected chi connectivity index (χ4v) is 1.51. The molecule has 0 saturated heterocycles. The van der Waals surface area contributed by atoms with E-state index in [4.69, 9.17) is 16.6 Å². The number of rotatable bonds is 6. The third kappa shape index (κ3) is 4.09. The van der Waals surface area contributed by atoms with Gasteiger partial charge in [-0.15, -0.1) is 0 Å². The number of nitrogens with zero attached hydrogens (tertiary/aromatic N) is 1. The maximum atomic E-state index is 12.1. The van der Waals surface area contributed by atoms with Crippen LogP contribution >= 0.6 is 0 Å². The van der Waals surface area contributed by atoms with Crippen LogP contribution in [-0.4, -0.2) is 46.8 Å². The van der Waals surface area contributed by atoms with Crippen LogP contribution in [0.15, 0.2) is 24.3 Å². The second kappa shape index (κ2) is 6.32. The first kappa shape index (κ1) is 15.2. The molecular weight excluding hydrogens is 266 g/mol. The average Bonchev–Trinajstić information content (AvgIpc) is 2.36. The lowest BCUT2D eigenvalue weighted by Crippen LogP contribution is -2.43. The Labute approximate surface area is 114 Å². The Hall–Kier alpha value is -2.90. The molecular formula is C12H13N3O5. The van der Waals surface area contributed by atoms with Crippen molar-refractivity contribution in [2.45, 2.75) is 0 Å². The SMILES string of the molecule is NC(=O)CN(CC(N)=O)C(=O)c1ccc(C(=O)O)cc1. The summed E-state index contributed by atoms with van der Waals surface area (Å²) in [7, 11) is 0. The average molecular weight is 279 g/mol. The zero-order valence-corrected chi connectivity index (χ0v) is 10.4. The number of carboxylic acids is 1. The number of benzene rings is 1. The molecule has 0 heterocycles. The molecule has 8 heteroatoms. The molecule has 3 amide bonds. The Kier molecular flexibility index (Phi) is 4.79. The smallest absolute Gasteiger partial charge is 0.335 e. The van der Waals surface area contributed by atoms with E-state index in [1.165, 1.54) is 24.3 Å². The first-order valence-corrected chi connectivity index (χ1v) is 5.50. The number of carbonyl (C=O) groups is 4. The van der Waals surface area contributed by atoms with Gasteiger partial charge in [-0.1, -0.05) is 0 Å². The summed E-state index contributed by atoms with van der Waals surface area (Å²) < 4.78 is 0. The van der Waals surface area contributed by atoms with Crippen molar-refractivity contribution >= 4 is 23.7 Å². The summed E-state index contributed by atoms with van der Waals surface area (Å²) in [4.78, 5) is 45.4. The van der Waals surface area contributed by atoms with E-state index in [2.05, 4.69) is 0 Å². The van der Waals surface area contributed by atoms with Crippen LogP contribution in [-0.2, 0) is 9.59 Å². The standard InChI is InChI=1S/C12H13N3O5/c13-9(16)5-15(6-10(14)17)11(18)7-1-3-8(4-2-7)12(19)20/h1-4H,5-6H2,(H2,13,16)(H2,14,17)(H,19,20). The van der Waals surface area contributed by atoms with Crippen molar-refractivity contribution in [1.29, 1.82) is 0 Å². The Bertz CT molecular complexity index is 537. The number of hydrogen-bond acceptors (Lipinski definition) is 4. The predicted molar refractivity (Wildman–Crippen MR) is 67.7 cm³/mol. The van der Waals surface area contributed by atoms with Gasteiger partial charge in [-0.3, -0.25) is 14.4 Å². The van der Waals surface area contributed by atoms with Crippen LogP contribution in [0, 0.1) is 0 Å². The highest BCUT2D eigenvalue weighted by atomic mass is 16.4. The molecule has 0 atom stereocenters. The lowest BCUT2D eigenvalue weighted by molar-refractivity contribution is -0.121. The summed E-state index contributed by atoms with van der Waals surface area (Å²) in [5.74, 6) is -3.35. The van der Waals surface area contributed by atoms with Crippen LogP contribution < -0.4 is 11.5 Å². The maximum Gasteiger partial charge on any atom is 0.335 e. The van der Waals surface area contributed by atoms with Gasteiger partial charge in [0.15, 0.2) is 0 Å². The molecule has 1 aromatic carbocycles. The first-order chi connectivity index (χ1) is 9.31. The van der Waals surface area contributed by atoms with Gasteiger partial charge < -0.3 is 21.5 Å². The second-order valence-corrected chi connectivity index (χ2v) is 3.98. The molecule has 1 rings (SSSR count). The van der Waals surface area contributed by atoms with Gasteiger partial charge in [0.25, 0.3) is 5.91 Å². The summed E-state index contributed by atoms with van der Waals surface area (Å²) in [6, 6.07) is 5.03. The van der Waals surface area contributed by atoms with Crippen LogP contribution in [0.4, 0.5) is 0 Å². The zero-order chi connectivity index (χ0) is 15.3. The minimum absolute atomic E-state index is 0.0119. The molecule has 8 nitrogen and oxygen atoms in total. The van der Waals surface area contributed by atoms with Crippen molar-refractivity contribution in [3.05, 3.63) is 35.4 Å². The van der Waals surface area contributed by atoms with E-state index in [0.29, 0.717) is 0 Å². The fourth-order valence-electron chi connectivity index (χ4n) is 1.51. The molecule has 0 spiro atoms. The molecule has 0 unspecified atom stereocenters.